The van der Waals surface area contributed by atoms with E-state index in [1.807, 2.05) is 41.8 Å². The van der Waals surface area contributed by atoms with E-state index in [9.17, 15) is 14.4 Å². The SMILES string of the molecule is CC(C)CC(C)(C)C(=O)OCCN(CCOC(=O)C(C)(C)CC(C)C)C(=O)CSCCN(C)C. The first kappa shape index (κ1) is 32.7. The molecule has 0 rings (SSSR count). The van der Waals surface area contributed by atoms with Crippen molar-refractivity contribution in [1.82, 2.24) is 9.80 Å². The summed E-state index contributed by atoms with van der Waals surface area (Å²) in [6.45, 7) is 17.6. The molecular formula is C26H50N2O5S. The van der Waals surface area contributed by atoms with Crippen LogP contribution >= 0.6 is 11.8 Å². The van der Waals surface area contributed by atoms with Crippen LogP contribution in [0.1, 0.15) is 68.2 Å². The van der Waals surface area contributed by atoms with Crippen LogP contribution in [0.2, 0.25) is 0 Å². The van der Waals surface area contributed by atoms with Crippen LogP contribution in [0, 0.1) is 22.7 Å². The van der Waals surface area contributed by atoms with Gasteiger partial charge in [-0.3, -0.25) is 14.4 Å². The average Bonchev–Trinajstić information content (AvgIpc) is 2.67. The summed E-state index contributed by atoms with van der Waals surface area (Å²) in [6, 6.07) is 0. The molecule has 8 heteroatoms. The molecule has 0 aromatic heterocycles. The second kappa shape index (κ2) is 15.7. The van der Waals surface area contributed by atoms with Crippen LogP contribution in [0.25, 0.3) is 0 Å². The number of hydrogen-bond donors (Lipinski definition) is 0. The summed E-state index contributed by atoms with van der Waals surface area (Å²) >= 11 is 1.57. The molecule has 0 aliphatic rings. The number of thioether (sulfide) groups is 1. The zero-order valence-electron chi connectivity index (χ0n) is 23.4. The molecule has 0 saturated carbocycles. The Kier molecular flexibility index (Phi) is 15.1. The van der Waals surface area contributed by atoms with Gasteiger partial charge < -0.3 is 19.3 Å². The second-order valence-corrected chi connectivity index (χ2v) is 12.6. The summed E-state index contributed by atoms with van der Waals surface area (Å²) in [5.41, 5.74) is -1.13. The van der Waals surface area contributed by atoms with Gasteiger partial charge in [0.2, 0.25) is 5.91 Å². The molecule has 0 aromatic carbocycles. The van der Waals surface area contributed by atoms with Crippen LogP contribution in [0.3, 0.4) is 0 Å². The number of esters is 2. The largest absolute Gasteiger partial charge is 0.463 e. The first-order chi connectivity index (χ1) is 15.6. The smallest absolute Gasteiger partial charge is 0.311 e. The lowest BCUT2D eigenvalue weighted by Crippen LogP contribution is -2.40. The summed E-state index contributed by atoms with van der Waals surface area (Å²) in [5.74, 6) is 1.41. The van der Waals surface area contributed by atoms with Gasteiger partial charge in [-0.1, -0.05) is 27.7 Å². The predicted octanol–water partition coefficient (Wildman–Crippen LogP) is 4.34. The summed E-state index contributed by atoms with van der Waals surface area (Å²) < 4.78 is 11.0. The van der Waals surface area contributed by atoms with Crippen molar-refractivity contribution in [2.75, 3.05) is 58.4 Å². The van der Waals surface area contributed by atoms with E-state index in [0.29, 0.717) is 17.6 Å². The van der Waals surface area contributed by atoms with Gasteiger partial charge in [-0.05, 0) is 66.5 Å². The van der Waals surface area contributed by atoms with Gasteiger partial charge in [0.25, 0.3) is 0 Å². The van der Waals surface area contributed by atoms with Gasteiger partial charge in [0, 0.05) is 12.3 Å². The zero-order valence-corrected chi connectivity index (χ0v) is 24.2. The maximum atomic E-state index is 12.8. The minimum Gasteiger partial charge on any atom is -0.463 e. The Morgan fingerprint density at radius 3 is 1.53 bits per heavy atom. The van der Waals surface area contributed by atoms with E-state index in [1.165, 1.54) is 0 Å². The minimum atomic E-state index is -0.567. The lowest BCUT2D eigenvalue weighted by Gasteiger charge is -2.27. The number of ether oxygens (including phenoxy) is 2. The second-order valence-electron chi connectivity index (χ2n) is 11.5. The van der Waals surface area contributed by atoms with Gasteiger partial charge in [0.15, 0.2) is 0 Å². The lowest BCUT2D eigenvalue weighted by atomic mass is 9.84. The highest BCUT2D eigenvalue weighted by molar-refractivity contribution is 7.99. The molecular weight excluding hydrogens is 452 g/mol. The number of amides is 1. The fourth-order valence-corrected chi connectivity index (χ4v) is 4.95. The van der Waals surface area contributed by atoms with E-state index in [-0.39, 0.29) is 44.1 Å². The third-order valence-corrected chi connectivity index (χ3v) is 6.31. The molecule has 0 aliphatic heterocycles. The van der Waals surface area contributed by atoms with Gasteiger partial charge in [0.1, 0.15) is 13.2 Å². The van der Waals surface area contributed by atoms with Crippen molar-refractivity contribution in [2.24, 2.45) is 22.7 Å². The molecule has 0 bridgehead atoms. The predicted molar refractivity (Wildman–Crippen MR) is 141 cm³/mol. The van der Waals surface area contributed by atoms with Gasteiger partial charge in [-0.2, -0.15) is 11.8 Å². The lowest BCUT2D eigenvalue weighted by molar-refractivity contribution is -0.157. The summed E-state index contributed by atoms with van der Waals surface area (Å²) in [6.07, 6.45) is 1.47. The molecule has 0 atom stereocenters. The minimum absolute atomic E-state index is 0.0428. The molecule has 34 heavy (non-hydrogen) atoms. The average molecular weight is 503 g/mol. The molecule has 0 unspecified atom stereocenters. The van der Waals surface area contributed by atoms with E-state index in [1.54, 1.807) is 16.7 Å². The van der Waals surface area contributed by atoms with Crippen LogP contribution < -0.4 is 0 Å². The topological polar surface area (TPSA) is 76.1 Å². The number of carbonyl (C=O) groups excluding carboxylic acids is 3. The Hall–Kier alpha value is -1.28. The Labute approximate surface area is 212 Å². The quantitative estimate of drug-likeness (QED) is 0.216. The van der Waals surface area contributed by atoms with Crippen molar-refractivity contribution in [3.63, 3.8) is 0 Å². The van der Waals surface area contributed by atoms with E-state index in [2.05, 4.69) is 32.6 Å². The Morgan fingerprint density at radius 2 is 1.18 bits per heavy atom. The molecule has 0 N–H and O–H groups in total. The molecule has 0 aromatic rings. The van der Waals surface area contributed by atoms with Crippen molar-refractivity contribution < 1.29 is 23.9 Å². The van der Waals surface area contributed by atoms with E-state index >= 15 is 0 Å². The number of hydrogen-bond acceptors (Lipinski definition) is 7. The maximum absolute atomic E-state index is 12.8. The van der Waals surface area contributed by atoms with Crippen molar-refractivity contribution in [3.8, 4) is 0 Å². The van der Waals surface area contributed by atoms with Crippen LogP contribution in [-0.2, 0) is 23.9 Å². The Morgan fingerprint density at radius 1 is 0.765 bits per heavy atom. The molecule has 0 aliphatic carbocycles. The highest BCUT2D eigenvalue weighted by atomic mass is 32.2. The van der Waals surface area contributed by atoms with Crippen molar-refractivity contribution in [3.05, 3.63) is 0 Å². The fourth-order valence-electron chi connectivity index (χ4n) is 3.95. The number of rotatable bonds is 17. The van der Waals surface area contributed by atoms with Gasteiger partial charge in [0.05, 0.1) is 29.7 Å². The number of nitrogens with zero attached hydrogens (tertiary/aromatic N) is 2. The van der Waals surface area contributed by atoms with Gasteiger partial charge in [-0.15, -0.1) is 0 Å². The van der Waals surface area contributed by atoms with Crippen molar-refractivity contribution in [1.29, 1.82) is 0 Å². The summed E-state index contributed by atoms with van der Waals surface area (Å²) in [5, 5.41) is 0. The molecule has 200 valence electrons. The van der Waals surface area contributed by atoms with E-state index < -0.39 is 10.8 Å². The van der Waals surface area contributed by atoms with Crippen LogP contribution in [0.15, 0.2) is 0 Å². The van der Waals surface area contributed by atoms with Crippen LogP contribution in [0.5, 0.6) is 0 Å². The third-order valence-electron chi connectivity index (χ3n) is 5.39. The molecule has 0 heterocycles. The zero-order chi connectivity index (χ0) is 26.5. The summed E-state index contributed by atoms with van der Waals surface area (Å²) in [7, 11) is 4.00. The monoisotopic (exact) mass is 502 g/mol. The first-order valence-corrected chi connectivity index (χ1v) is 13.6. The molecule has 7 nitrogen and oxygen atoms in total. The van der Waals surface area contributed by atoms with Crippen molar-refractivity contribution in [2.45, 2.75) is 68.2 Å². The molecule has 0 fully saturated rings. The normalized spacial score (nSPS) is 12.4. The Balaban J connectivity index is 4.90. The van der Waals surface area contributed by atoms with E-state index in [0.717, 1.165) is 25.1 Å². The highest BCUT2D eigenvalue weighted by Crippen LogP contribution is 2.27. The molecule has 0 saturated heterocycles. The van der Waals surface area contributed by atoms with Gasteiger partial charge in [-0.25, -0.2) is 0 Å². The van der Waals surface area contributed by atoms with Crippen LogP contribution in [0.4, 0.5) is 0 Å². The van der Waals surface area contributed by atoms with Gasteiger partial charge >= 0.3 is 11.9 Å². The molecule has 0 spiro atoms. The summed E-state index contributed by atoms with van der Waals surface area (Å²) in [4.78, 5) is 41.6. The van der Waals surface area contributed by atoms with E-state index in [4.69, 9.17) is 9.47 Å². The standard InChI is InChI=1S/C26H50N2O5S/c1-20(2)17-25(5,6)23(30)32-14-11-28(22(29)19-34-16-13-27(9)10)12-15-33-24(31)26(7,8)18-21(3)4/h20-21H,11-19H2,1-10H3. The van der Waals surface area contributed by atoms with Crippen molar-refractivity contribution >= 4 is 29.6 Å². The molecule has 0 radical (unpaired) electrons. The number of carbonyl (C=O) groups is 3. The third kappa shape index (κ3) is 14.2. The molecule has 1 amide bonds. The fraction of sp³-hybridized carbons (Fsp3) is 0.885. The van der Waals surface area contributed by atoms with Crippen LogP contribution in [-0.4, -0.2) is 86.1 Å². The first-order valence-electron chi connectivity index (χ1n) is 12.4. The Bertz CT molecular complexity index is 593. The highest BCUT2D eigenvalue weighted by Gasteiger charge is 2.31. The maximum Gasteiger partial charge on any atom is 0.311 e.